The van der Waals surface area contributed by atoms with Crippen LogP contribution in [0.4, 0.5) is 0 Å². The average Bonchev–Trinajstić information content (AvgIpc) is 3.17. The van der Waals surface area contributed by atoms with Crippen LogP contribution in [-0.2, 0) is 14.3 Å². The van der Waals surface area contributed by atoms with Gasteiger partial charge in [0.2, 0.25) is 5.91 Å². The number of ether oxygens (including phenoxy) is 1. The molecule has 2 N–H and O–H groups in total. The van der Waals surface area contributed by atoms with Gasteiger partial charge in [0.1, 0.15) is 6.54 Å². The van der Waals surface area contributed by atoms with Gasteiger partial charge in [-0.05, 0) is 25.7 Å². The Bertz CT molecular complexity index is 303. The molecule has 0 heterocycles. The van der Waals surface area contributed by atoms with E-state index in [2.05, 4.69) is 0 Å². The van der Waals surface area contributed by atoms with Crippen LogP contribution in [0, 0.1) is 5.92 Å². The van der Waals surface area contributed by atoms with Crippen molar-refractivity contribution in [2.75, 3.05) is 13.2 Å². The van der Waals surface area contributed by atoms with Crippen molar-refractivity contribution in [3.05, 3.63) is 0 Å². The molecule has 0 saturated heterocycles. The third kappa shape index (κ3) is 3.98. The molecule has 0 aromatic heterocycles. The van der Waals surface area contributed by atoms with Gasteiger partial charge in [0.05, 0.1) is 12.6 Å². The van der Waals surface area contributed by atoms with Crippen LogP contribution in [0.5, 0.6) is 0 Å². The topological polar surface area (TPSA) is 72.6 Å². The monoisotopic (exact) mass is 256 g/mol. The fraction of sp³-hybridized carbons (Fsp3) is 0.846. The first-order chi connectivity index (χ1) is 8.51. The van der Waals surface area contributed by atoms with E-state index in [4.69, 9.17) is 10.5 Å². The lowest BCUT2D eigenvalue weighted by Gasteiger charge is -2.27. The van der Waals surface area contributed by atoms with E-state index in [-0.39, 0.29) is 30.4 Å². The van der Waals surface area contributed by atoms with Gasteiger partial charge in [0, 0.05) is 6.04 Å². The first-order valence-corrected chi connectivity index (χ1v) is 6.72. The normalized spacial score (nSPS) is 18.0. The van der Waals surface area contributed by atoms with E-state index in [9.17, 15) is 9.59 Å². The zero-order chi connectivity index (χ0) is 13.7. The van der Waals surface area contributed by atoms with Crippen LogP contribution >= 0.6 is 0 Å². The van der Waals surface area contributed by atoms with Crippen molar-refractivity contribution in [2.45, 2.75) is 52.1 Å². The number of nitrogens with zero attached hydrogens (tertiary/aromatic N) is 1. The molecule has 1 saturated carbocycles. The molecule has 0 aliphatic heterocycles. The van der Waals surface area contributed by atoms with Gasteiger partial charge in [-0.2, -0.15) is 0 Å². The Morgan fingerprint density at radius 1 is 1.39 bits per heavy atom. The number of rotatable bonds is 7. The molecule has 0 bridgehead atoms. The molecule has 2 atom stereocenters. The van der Waals surface area contributed by atoms with Crippen LogP contribution in [-0.4, -0.2) is 42.0 Å². The molecule has 1 aliphatic rings. The zero-order valence-corrected chi connectivity index (χ0v) is 11.5. The summed E-state index contributed by atoms with van der Waals surface area (Å²) in [7, 11) is 0. The fourth-order valence-corrected chi connectivity index (χ4v) is 1.81. The highest BCUT2D eigenvalue weighted by Crippen LogP contribution is 2.28. The molecule has 0 radical (unpaired) electrons. The number of carbonyl (C=O) groups excluding carboxylic acids is 2. The minimum atomic E-state index is -0.523. The van der Waals surface area contributed by atoms with Crippen LogP contribution in [0.3, 0.4) is 0 Å². The number of hydrogen-bond acceptors (Lipinski definition) is 4. The molecule has 18 heavy (non-hydrogen) atoms. The SMILES string of the molecule is CCOC(=O)CN(C(=O)[C@@H](N)[C@@H](C)CC)C1CC1. The summed E-state index contributed by atoms with van der Waals surface area (Å²) >= 11 is 0. The summed E-state index contributed by atoms with van der Waals surface area (Å²) in [5, 5.41) is 0. The molecule has 1 rings (SSSR count). The van der Waals surface area contributed by atoms with E-state index in [0.717, 1.165) is 19.3 Å². The van der Waals surface area contributed by atoms with Crippen molar-refractivity contribution in [3.8, 4) is 0 Å². The highest BCUT2D eigenvalue weighted by atomic mass is 16.5. The van der Waals surface area contributed by atoms with E-state index >= 15 is 0 Å². The van der Waals surface area contributed by atoms with Crippen molar-refractivity contribution in [1.29, 1.82) is 0 Å². The van der Waals surface area contributed by atoms with Gasteiger partial charge in [-0.25, -0.2) is 0 Å². The Labute approximate surface area is 109 Å². The Morgan fingerprint density at radius 3 is 2.44 bits per heavy atom. The first kappa shape index (κ1) is 15.0. The first-order valence-electron chi connectivity index (χ1n) is 6.72. The van der Waals surface area contributed by atoms with E-state index in [1.807, 2.05) is 13.8 Å². The summed E-state index contributed by atoms with van der Waals surface area (Å²) in [6.45, 7) is 6.08. The van der Waals surface area contributed by atoms with E-state index in [1.54, 1.807) is 11.8 Å². The lowest BCUT2D eigenvalue weighted by atomic mass is 9.99. The van der Waals surface area contributed by atoms with E-state index < -0.39 is 6.04 Å². The maximum absolute atomic E-state index is 12.3. The van der Waals surface area contributed by atoms with Crippen molar-refractivity contribution in [3.63, 3.8) is 0 Å². The van der Waals surface area contributed by atoms with Crippen molar-refractivity contribution < 1.29 is 14.3 Å². The van der Waals surface area contributed by atoms with Crippen molar-refractivity contribution >= 4 is 11.9 Å². The Balaban J connectivity index is 2.61. The van der Waals surface area contributed by atoms with Crippen molar-refractivity contribution in [1.82, 2.24) is 4.90 Å². The number of carbonyl (C=O) groups is 2. The van der Waals surface area contributed by atoms with Crippen LogP contribution in [0.25, 0.3) is 0 Å². The lowest BCUT2D eigenvalue weighted by molar-refractivity contribution is -0.150. The molecular formula is C13H24N2O3. The minimum Gasteiger partial charge on any atom is -0.465 e. The minimum absolute atomic E-state index is 0.0292. The summed E-state index contributed by atoms with van der Waals surface area (Å²) in [6.07, 6.45) is 2.77. The summed E-state index contributed by atoms with van der Waals surface area (Å²) in [5.41, 5.74) is 5.94. The van der Waals surface area contributed by atoms with Crippen LogP contribution in [0.1, 0.15) is 40.0 Å². The number of esters is 1. The molecule has 0 aromatic rings. The molecule has 5 heteroatoms. The molecule has 104 valence electrons. The Hall–Kier alpha value is -1.10. The predicted molar refractivity (Wildman–Crippen MR) is 68.8 cm³/mol. The van der Waals surface area contributed by atoms with Crippen LogP contribution in [0.2, 0.25) is 0 Å². The van der Waals surface area contributed by atoms with Crippen LogP contribution in [0.15, 0.2) is 0 Å². The van der Waals surface area contributed by atoms with Gasteiger partial charge >= 0.3 is 5.97 Å². The summed E-state index contributed by atoms with van der Waals surface area (Å²) in [5.74, 6) is -0.352. The maximum Gasteiger partial charge on any atom is 0.325 e. The third-order valence-electron chi connectivity index (χ3n) is 3.42. The van der Waals surface area contributed by atoms with Gasteiger partial charge in [0.25, 0.3) is 0 Å². The quantitative estimate of drug-likeness (QED) is 0.687. The molecule has 1 fully saturated rings. The van der Waals surface area contributed by atoms with Gasteiger partial charge < -0.3 is 15.4 Å². The summed E-state index contributed by atoms with van der Waals surface area (Å²) < 4.78 is 4.89. The van der Waals surface area contributed by atoms with Crippen molar-refractivity contribution in [2.24, 2.45) is 11.7 Å². The second kappa shape index (κ2) is 6.73. The fourth-order valence-electron chi connectivity index (χ4n) is 1.81. The van der Waals surface area contributed by atoms with E-state index in [1.165, 1.54) is 0 Å². The molecule has 0 unspecified atom stereocenters. The highest BCUT2D eigenvalue weighted by Gasteiger charge is 2.37. The number of amides is 1. The van der Waals surface area contributed by atoms with Gasteiger partial charge in [-0.15, -0.1) is 0 Å². The van der Waals surface area contributed by atoms with E-state index in [0.29, 0.717) is 6.61 Å². The predicted octanol–water partition coefficient (Wildman–Crippen LogP) is 0.914. The Kier molecular flexibility index (Phi) is 5.59. The largest absolute Gasteiger partial charge is 0.465 e. The molecule has 1 amide bonds. The highest BCUT2D eigenvalue weighted by molar-refractivity contribution is 5.86. The average molecular weight is 256 g/mol. The third-order valence-corrected chi connectivity index (χ3v) is 3.42. The smallest absolute Gasteiger partial charge is 0.325 e. The van der Waals surface area contributed by atoms with Gasteiger partial charge in [-0.3, -0.25) is 9.59 Å². The van der Waals surface area contributed by atoms with Crippen LogP contribution < -0.4 is 5.73 Å². The van der Waals surface area contributed by atoms with Gasteiger partial charge in [0.15, 0.2) is 0 Å². The van der Waals surface area contributed by atoms with Gasteiger partial charge in [-0.1, -0.05) is 20.3 Å². The summed E-state index contributed by atoms with van der Waals surface area (Å²) in [6, 6.07) is -0.345. The maximum atomic E-state index is 12.3. The molecule has 1 aliphatic carbocycles. The molecule has 0 aromatic carbocycles. The number of nitrogens with two attached hydrogens (primary N) is 1. The zero-order valence-electron chi connectivity index (χ0n) is 11.5. The molecular weight excluding hydrogens is 232 g/mol. The molecule has 5 nitrogen and oxygen atoms in total. The second-order valence-electron chi connectivity index (χ2n) is 4.91. The second-order valence-corrected chi connectivity index (χ2v) is 4.91. The standard InChI is InChI=1S/C13H24N2O3/c1-4-9(3)12(14)13(17)15(10-6-7-10)8-11(16)18-5-2/h9-10,12H,4-8,14H2,1-3H3/t9-,12-/m0/s1. The molecule has 0 spiro atoms. The lowest BCUT2D eigenvalue weighted by Crippen LogP contribution is -2.49. The Morgan fingerprint density at radius 2 is 2.00 bits per heavy atom. The number of hydrogen-bond donors (Lipinski definition) is 1. The summed E-state index contributed by atoms with van der Waals surface area (Å²) in [4.78, 5) is 25.3.